The second kappa shape index (κ2) is 9.67. The first-order chi connectivity index (χ1) is 15.0. The van der Waals surface area contributed by atoms with Crippen LogP contribution in [0.15, 0.2) is 52.2 Å². The summed E-state index contributed by atoms with van der Waals surface area (Å²) in [5.74, 6) is 2.35. The third-order valence-electron chi connectivity index (χ3n) is 4.90. The van der Waals surface area contributed by atoms with Crippen molar-refractivity contribution in [1.29, 1.82) is 0 Å². The predicted octanol–water partition coefficient (Wildman–Crippen LogP) is 5.14. The number of piperidine rings is 1. The monoisotopic (exact) mass is 452 g/mol. The molecule has 166 valence electrons. The van der Waals surface area contributed by atoms with Gasteiger partial charge in [0.25, 0.3) is 0 Å². The molecule has 0 aliphatic carbocycles. The number of anilines is 1. The molecule has 3 heterocycles. The zero-order valence-electron chi connectivity index (χ0n) is 16.8. The molecule has 3 aromatic rings. The van der Waals surface area contributed by atoms with E-state index in [1.807, 2.05) is 22.8 Å². The van der Waals surface area contributed by atoms with Crippen LogP contribution in [0.1, 0.15) is 30.6 Å². The maximum atomic E-state index is 12.4. The van der Waals surface area contributed by atoms with Gasteiger partial charge in [-0.3, -0.25) is 4.57 Å². The molecular weight excluding hydrogens is 429 g/mol. The Labute approximate surface area is 182 Å². The van der Waals surface area contributed by atoms with Crippen molar-refractivity contribution in [2.75, 3.05) is 24.6 Å². The highest BCUT2D eigenvalue weighted by molar-refractivity contribution is 7.98. The lowest BCUT2D eigenvalue weighted by Gasteiger charge is -2.27. The standard InChI is InChI=1S/C21H23F3N4O2S/c22-21(23,24)15-30-17-7-4-6-16(12-17)14-31-20-26-25-19(27-9-2-1-3-10-27)28(20)13-18-8-5-11-29-18/h4-8,11-12H,1-3,9-10,13-15H2. The van der Waals surface area contributed by atoms with Gasteiger partial charge in [0.1, 0.15) is 11.5 Å². The summed E-state index contributed by atoms with van der Waals surface area (Å²) in [4.78, 5) is 2.25. The number of halogens is 3. The summed E-state index contributed by atoms with van der Waals surface area (Å²) in [5, 5.41) is 9.56. The van der Waals surface area contributed by atoms with Crippen molar-refractivity contribution in [2.45, 2.75) is 42.9 Å². The highest BCUT2D eigenvalue weighted by Gasteiger charge is 2.28. The molecule has 1 aliphatic heterocycles. The zero-order valence-corrected chi connectivity index (χ0v) is 17.7. The molecule has 4 rings (SSSR count). The Morgan fingerprint density at radius 1 is 1.06 bits per heavy atom. The lowest BCUT2D eigenvalue weighted by molar-refractivity contribution is -0.153. The van der Waals surface area contributed by atoms with E-state index < -0.39 is 12.8 Å². The van der Waals surface area contributed by atoms with Gasteiger partial charge in [-0.2, -0.15) is 13.2 Å². The van der Waals surface area contributed by atoms with Crippen LogP contribution in [-0.4, -0.2) is 40.6 Å². The molecule has 0 saturated carbocycles. The molecule has 0 spiro atoms. The average molecular weight is 453 g/mol. The minimum atomic E-state index is -4.36. The maximum absolute atomic E-state index is 12.4. The van der Waals surface area contributed by atoms with Crippen LogP contribution in [0.2, 0.25) is 0 Å². The first kappa shape index (κ1) is 21.6. The fourth-order valence-electron chi connectivity index (χ4n) is 3.45. The summed E-state index contributed by atoms with van der Waals surface area (Å²) in [5.41, 5.74) is 0.844. The Morgan fingerprint density at radius 2 is 1.90 bits per heavy atom. The van der Waals surface area contributed by atoms with Gasteiger partial charge in [0, 0.05) is 18.8 Å². The molecule has 0 N–H and O–H groups in total. The van der Waals surface area contributed by atoms with Crippen LogP contribution in [-0.2, 0) is 12.3 Å². The normalized spacial score (nSPS) is 14.7. The topological polar surface area (TPSA) is 56.3 Å². The third kappa shape index (κ3) is 5.96. The van der Waals surface area contributed by atoms with Gasteiger partial charge in [-0.15, -0.1) is 10.2 Å². The number of benzene rings is 1. The number of aromatic nitrogens is 3. The Bertz CT molecular complexity index is 969. The number of rotatable bonds is 8. The Balaban J connectivity index is 1.48. The van der Waals surface area contributed by atoms with E-state index >= 15 is 0 Å². The van der Waals surface area contributed by atoms with Gasteiger partial charge in [0.2, 0.25) is 5.95 Å². The molecule has 1 fully saturated rings. The minimum Gasteiger partial charge on any atom is -0.484 e. The SMILES string of the molecule is FC(F)(F)COc1cccc(CSc2nnc(N3CCCCC3)n2Cc2ccco2)c1. The Morgan fingerprint density at radius 3 is 2.65 bits per heavy atom. The van der Waals surface area contributed by atoms with Gasteiger partial charge in [-0.1, -0.05) is 23.9 Å². The summed E-state index contributed by atoms with van der Waals surface area (Å²) in [7, 11) is 0. The quantitative estimate of drug-likeness (QED) is 0.441. The van der Waals surface area contributed by atoms with Crippen molar-refractivity contribution in [3.8, 4) is 5.75 Å². The molecule has 31 heavy (non-hydrogen) atoms. The van der Waals surface area contributed by atoms with Crippen LogP contribution >= 0.6 is 11.8 Å². The van der Waals surface area contributed by atoms with Crippen molar-refractivity contribution >= 4 is 17.7 Å². The lowest BCUT2D eigenvalue weighted by atomic mass is 10.1. The van der Waals surface area contributed by atoms with Crippen LogP contribution in [0, 0.1) is 0 Å². The second-order valence-corrected chi connectivity index (χ2v) is 8.28. The third-order valence-corrected chi connectivity index (χ3v) is 5.94. The van der Waals surface area contributed by atoms with E-state index in [0.29, 0.717) is 12.3 Å². The first-order valence-corrected chi connectivity index (χ1v) is 11.1. The summed E-state index contributed by atoms with van der Waals surface area (Å²) in [6.45, 7) is 1.10. The number of alkyl halides is 3. The van der Waals surface area contributed by atoms with Gasteiger partial charge in [-0.25, -0.2) is 0 Å². The fraction of sp³-hybridized carbons (Fsp3) is 0.429. The Hall–Kier alpha value is -2.62. The molecule has 10 heteroatoms. The van der Waals surface area contributed by atoms with E-state index in [1.165, 1.54) is 24.2 Å². The van der Waals surface area contributed by atoms with Gasteiger partial charge >= 0.3 is 6.18 Å². The minimum absolute atomic E-state index is 0.196. The molecule has 6 nitrogen and oxygen atoms in total. The molecule has 0 amide bonds. The van der Waals surface area contributed by atoms with E-state index in [4.69, 9.17) is 9.15 Å². The van der Waals surface area contributed by atoms with E-state index in [-0.39, 0.29) is 5.75 Å². The number of hydrogen-bond acceptors (Lipinski definition) is 6. The van der Waals surface area contributed by atoms with E-state index in [1.54, 1.807) is 18.4 Å². The second-order valence-electron chi connectivity index (χ2n) is 7.34. The smallest absolute Gasteiger partial charge is 0.422 e. The van der Waals surface area contributed by atoms with E-state index in [2.05, 4.69) is 15.1 Å². The van der Waals surface area contributed by atoms with Crippen molar-refractivity contribution in [1.82, 2.24) is 14.8 Å². The predicted molar refractivity (Wildman–Crippen MR) is 111 cm³/mol. The van der Waals surface area contributed by atoms with Gasteiger partial charge < -0.3 is 14.1 Å². The molecule has 0 atom stereocenters. The molecule has 0 radical (unpaired) electrons. The van der Waals surface area contributed by atoms with Crippen LogP contribution in [0.4, 0.5) is 19.1 Å². The fourth-order valence-corrected chi connectivity index (χ4v) is 4.33. The molecule has 1 aliphatic rings. The highest BCUT2D eigenvalue weighted by Crippen LogP contribution is 2.29. The summed E-state index contributed by atoms with van der Waals surface area (Å²) in [6.07, 6.45) is 0.746. The number of nitrogens with zero attached hydrogens (tertiary/aromatic N) is 4. The van der Waals surface area contributed by atoms with Crippen molar-refractivity contribution in [3.63, 3.8) is 0 Å². The number of hydrogen-bond donors (Lipinski definition) is 0. The number of ether oxygens (including phenoxy) is 1. The Kier molecular flexibility index (Phi) is 6.74. The van der Waals surface area contributed by atoms with E-state index in [9.17, 15) is 13.2 Å². The van der Waals surface area contributed by atoms with Crippen molar-refractivity contribution in [3.05, 3.63) is 54.0 Å². The maximum Gasteiger partial charge on any atom is 0.422 e. The first-order valence-electron chi connectivity index (χ1n) is 10.1. The van der Waals surface area contributed by atoms with Gasteiger partial charge in [-0.05, 0) is 49.1 Å². The largest absolute Gasteiger partial charge is 0.484 e. The summed E-state index contributed by atoms with van der Waals surface area (Å²) < 4.78 is 49.6. The lowest BCUT2D eigenvalue weighted by Crippen LogP contribution is -2.32. The van der Waals surface area contributed by atoms with Crippen molar-refractivity contribution < 1.29 is 22.3 Å². The van der Waals surface area contributed by atoms with Crippen LogP contribution in [0.3, 0.4) is 0 Å². The van der Waals surface area contributed by atoms with Gasteiger partial charge in [0.05, 0.1) is 12.8 Å². The van der Waals surface area contributed by atoms with Crippen LogP contribution < -0.4 is 9.64 Å². The molecule has 2 aromatic heterocycles. The number of thioether (sulfide) groups is 1. The molecule has 0 unspecified atom stereocenters. The van der Waals surface area contributed by atoms with Gasteiger partial charge in [0.15, 0.2) is 11.8 Å². The summed E-state index contributed by atoms with van der Waals surface area (Å²) >= 11 is 1.48. The molecule has 1 aromatic carbocycles. The highest BCUT2D eigenvalue weighted by atomic mass is 32.2. The van der Waals surface area contributed by atoms with Crippen LogP contribution in [0.25, 0.3) is 0 Å². The van der Waals surface area contributed by atoms with Crippen molar-refractivity contribution in [2.24, 2.45) is 0 Å². The van der Waals surface area contributed by atoms with E-state index in [0.717, 1.165) is 48.4 Å². The number of furan rings is 1. The molecule has 0 bridgehead atoms. The molecule has 1 saturated heterocycles. The zero-order chi connectivity index (χ0) is 21.7. The average Bonchev–Trinajstić information content (AvgIpc) is 3.42. The summed E-state index contributed by atoms with van der Waals surface area (Å²) in [6, 6.07) is 10.4. The van der Waals surface area contributed by atoms with Crippen LogP contribution in [0.5, 0.6) is 5.75 Å². The molecular formula is C21H23F3N4O2S.